The summed E-state index contributed by atoms with van der Waals surface area (Å²) >= 11 is 0. The third-order valence-electron chi connectivity index (χ3n) is 6.79. The third kappa shape index (κ3) is 8.33. The van der Waals surface area contributed by atoms with Crippen molar-refractivity contribution in [1.82, 2.24) is 30.2 Å². The molecule has 0 aliphatic heterocycles. The molecule has 228 valence electrons. The SMILES string of the molecule is CC(C)Oc1cncc(C(=O)N[C@H](c2cn3ncc([C@@H](O)NC(=O)CCC(F)(F)F)cc3n2)C2CCC(F)(F)CC2)c1. The summed E-state index contributed by atoms with van der Waals surface area (Å²) in [5.74, 6) is -4.30. The summed E-state index contributed by atoms with van der Waals surface area (Å²) in [7, 11) is 0. The minimum atomic E-state index is -4.52. The highest BCUT2D eigenvalue weighted by molar-refractivity contribution is 5.94. The molecule has 1 aliphatic rings. The van der Waals surface area contributed by atoms with Crippen molar-refractivity contribution in [3.05, 3.63) is 53.7 Å². The summed E-state index contributed by atoms with van der Waals surface area (Å²) in [6.07, 6.45) is -3.40. The standard InChI is InChI=1S/C27H31F5N6O4/c1-15(2)42-19-9-17(11-33-13-19)25(41)37-23(16-3-6-26(28,29)7-4-16)20-14-38-21(35-20)10-18(12-34-38)24(40)36-22(39)5-8-27(30,31)32/h9-16,23-24,40H,3-8H2,1-2H3,(H,36,39)(H,37,41)/t23-,24+/m0/s1. The first-order valence-corrected chi connectivity index (χ1v) is 13.4. The van der Waals surface area contributed by atoms with Gasteiger partial charge in [0.05, 0.1) is 48.4 Å². The molecule has 3 heterocycles. The number of pyridine rings is 1. The van der Waals surface area contributed by atoms with Crippen molar-refractivity contribution in [2.24, 2.45) is 5.92 Å². The number of nitrogens with zero attached hydrogens (tertiary/aromatic N) is 4. The van der Waals surface area contributed by atoms with Gasteiger partial charge in [0, 0.05) is 31.0 Å². The summed E-state index contributed by atoms with van der Waals surface area (Å²) in [6, 6.07) is 2.12. The van der Waals surface area contributed by atoms with Gasteiger partial charge in [-0.25, -0.2) is 18.3 Å². The Labute approximate surface area is 237 Å². The first-order valence-electron chi connectivity index (χ1n) is 13.4. The van der Waals surface area contributed by atoms with Crippen LogP contribution < -0.4 is 15.4 Å². The number of nitrogens with one attached hydrogen (secondary N) is 2. The van der Waals surface area contributed by atoms with Crippen molar-refractivity contribution in [2.75, 3.05) is 0 Å². The van der Waals surface area contributed by atoms with E-state index < -0.39 is 49.0 Å². The quantitative estimate of drug-likeness (QED) is 0.229. The lowest BCUT2D eigenvalue weighted by molar-refractivity contribution is -0.145. The average molecular weight is 599 g/mol. The van der Waals surface area contributed by atoms with Gasteiger partial charge in [-0.1, -0.05) is 0 Å². The topological polar surface area (TPSA) is 131 Å². The molecule has 10 nitrogen and oxygen atoms in total. The smallest absolute Gasteiger partial charge is 0.389 e. The highest BCUT2D eigenvalue weighted by Crippen LogP contribution is 2.41. The second kappa shape index (κ2) is 12.5. The van der Waals surface area contributed by atoms with Crippen molar-refractivity contribution in [2.45, 2.75) is 82.8 Å². The number of aliphatic hydroxyl groups excluding tert-OH is 1. The Balaban J connectivity index is 1.56. The minimum Gasteiger partial charge on any atom is -0.489 e. The Morgan fingerprint density at radius 3 is 2.52 bits per heavy atom. The van der Waals surface area contributed by atoms with Crippen LogP contribution in [0.1, 0.15) is 86.3 Å². The Morgan fingerprint density at radius 1 is 1.14 bits per heavy atom. The molecular weight excluding hydrogens is 567 g/mol. The van der Waals surface area contributed by atoms with Crippen LogP contribution in [0.15, 0.2) is 36.9 Å². The number of halogens is 5. The van der Waals surface area contributed by atoms with Gasteiger partial charge in [0.1, 0.15) is 5.75 Å². The number of fused-ring (bicyclic) bond motifs is 1. The number of rotatable bonds is 10. The molecule has 3 aromatic rings. The highest BCUT2D eigenvalue weighted by Gasteiger charge is 2.39. The number of imidazole rings is 1. The number of aliphatic hydroxyl groups is 1. The zero-order valence-corrected chi connectivity index (χ0v) is 22.9. The van der Waals surface area contributed by atoms with E-state index in [4.69, 9.17) is 4.74 Å². The lowest BCUT2D eigenvalue weighted by Gasteiger charge is -2.33. The van der Waals surface area contributed by atoms with Crippen LogP contribution in [0, 0.1) is 5.92 Å². The molecule has 0 saturated heterocycles. The fraction of sp³-hybridized carbons (Fsp3) is 0.519. The van der Waals surface area contributed by atoms with Crippen molar-refractivity contribution in [3.8, 4) is 5.75 Å². The normalized spacial score (nSPS) is 17.2. The summed E-state index contributed by atoms with van der Waals surface area (Å²) in [6.45, 7) is 3.65. The van der Waals surface area contributed by atoms with Crippen LogP contribution in [-0.4, -0.2) is 54.7 Å². The zero-order chi connectivity index (χ0) is 30.7. The molecule has 1 saturated carbocycles. The van der Waals surface area contributed by atoms with Gasteiger partial charge in [0.15, 0.2) is 11.9 Å². The summed E-state index contributed by atoms with van der Waals surface area (Å²) in [4.78, 5) is 33.6. The second-order valence-corrected chi connectivity index (χ2v) is 10.6. The van der Waals surface area contributed by atoms with Gasteiger partial charge in [-0.15, -0.1) is 0 Å². The monoisotopic (exact) mass is 598 g/mol. The van der Waals surface area contributed by atoms with E-state index >= 15 is 0 Å². The molecule has 1 aliphatic carbocycles. The van der Waals surface area contributed by atoms with Gasteiger partial charge in [0.25, 0.3) is 5.91 Å². The summed E-state index contributed by atoms with van der Waals surface area (Å²) < 4.78 is 72.0. The molecule has 1 fully saturated rings. The lowest BCUT2D eigenvalue weighted by Crippen LogP contribution is -2.37. The molecule has 2 atom stereocenters. The van der Waals surface area contributed by atoms with Crippen LogP contribution in [0.4, 0.5) is 22.0 Å². The van der Waals surface area contributed by atoms with E-state index in [9.17, 15) is 36.6 Å². The third-order valence-corrected chi connectivity index (χ3v) is 6.79. The van der Waals surface area contributed by atoms with E-state index in [0.717, 1.165) is 0 Å². The first kappa shape index (κ1) is 31.1. The van der Waals surface area contributed by atoms with Crippen LogP contribution in [-0.2, 0) is 4.79 Å². The fourth-order valence-corrected chi connectivity index (χ4v) is 4.71. The average Bonchev–Trinajstić information content (AvgIpc) is 3.33. The van der Waals surface area contributed by atoms with E-state index in [2.05, 4.69) is 25.7 Å². The molecular formula is C27H31F5N6O4. The summed E-state index contributed by atoms with van der Waals surface area (Å²) in [5, 5.41) is 19.5. The molecule has 0 radical (unpaired) electrons. The van der Waals surface area contributed by atoms with Gasteiger partial charge in [-0.05, 0) is 44.7 Å². The fourth-order valence-electron chi connectivity index (χ4n) is 4.71. The number of carbonyl (C=O) groups is 2. The minimum absolute atomic E-state index is 0.0611. The molecule has 4 rings (SSSR count). The maximum atomic E-state index is 14.0. The number of ether oxygens (including phenoxy) is 1. The Kier molecular flexibility index (Phi) is 9.28. The summed E-state index contributed by atoms with van der Waals surface area (Å²) in [5.41, 5.74) is 0.786. The molecule has 42 heavy (non-hydrogen) atoms. The lowest BCUT2D eigenvalue weighted by atomic mass is 9.81. The Bertz CT molecular complexity index is 1400. The molecule has 2 amide bonds. The van der Waals surface area contributed by atoms with Gasteiger partial charge >= 0.3 is 6.18 Å². The van der Waals surface area contributed by atoms with Gasteiger partial charge in [0.2, 0.25) is 11.8 Å². The maximum absolute atomic E-state index is 14.0. The largest absolute Gasteiger partial charge is 0.489 e. The predicted molar refractivity (Wildman–Crippen MR) is 138 cm³/mol. The van der Waals surface area contributed by atoms with Crippen LogP contribution in [0.2, 0.25) is 0 Å². The van der Waals surface area contributed by atoms with Crippen molar-refractivity contribution < 1.29 is 41.4 Å². The van der Waals surface area contributed by atoms with Crippen LogP contribution in [0.3, 0.4) is 0 Å². The van der Waals surface area contributed by atoms with Crippen LogP contribution in [0.25, 0.3) is 5.65 Å². The van der Waals surface area contributed by atoms with Gasteiger partial charge in [-0.2, -0.15) is 18.3 Å². The number of amides is 2. The predicted octanol–water partition coefficient (Wildman–Crippen LogP) is 4.66. The molecule has 0 aromatic carbocycles. The van der Waals surface area contributed by atoms with Crippen molar-refractivity contribution in [3.63, 3.8) is 0 Å². The van der Waals surface area contributed by atoms with Gasteiger partial charge in [-0.3, -0.25) is 14.6 Å². The first-order chi connectivity index (χ1) is 19.7. The van der Waals surface area contributed by atoms with E-state index in [1.54, 1.807) is 0 Å². The van der Waals surface area contributed by atoms with E-state index in [0.29, 0.717) is 11.4 Å². The van der Waals surface area contributed by atoms with Gasteiger partial charge < -0.3 is 20.5 Å². The highest BCUT2D eigenvalue weighted by atomic mass is 19.4. The van der Waals surface area contributed by atoms with Crippen molar-refractivity contribution >= 4 is 17.5 Å². The zero-order valence-electron chi connectivity index (χ0n) is 22.9. The van der Waals surface area contributed by atoms with E-state index in [1.165, 1.54) is 41.4 Å². The molecule has 3 aromatic heterocycles. The number of aromatic nitrogens is 4. The number of carbonyl (C=O) groups excluding carboxylic acids is 2. The van der Waals surface area contributed by atoms with Crippen LogP contribution >= 0.6 is 0 Å². The van der Waals surface area contributed by atoms with Crippen molar-refractivity contribution in [1.29, 1.82) is 0 Å². The number of hydrogen-bond acceptors (Lipinski definition) is 7. The Hall–Kier alpha value is -3.88. The van der Waals surface area contributed by atoms with E-state index in [1.807, 2.05) is 13.8 Å². The molecule has 0 unspecified atom stereocenters. The second-order valence-electron chi connectivity index (χ2n) is 10.6. The number of hydrogen-bond donors (Lipinski definition) is 3. The van der Waals surface area contributed by atoms with Crippen LogP contribution in [0.5, 0.6) is 5.75 Å². The molecule has 15 heteroatoms. The Morgan fingerprint density at radius 2 is 1.86 bits per heavy atom. The maximum Gasteiger partial charge on any atom is 0.389 e. The molecule has 0 bridgehead atoms. The molecule has 3 N–H and O–H groups in total. The van der Waals surface area contributed by atoms with E-state index in [-0.39, 0.29) is 54.5 Å². The molecule has 0 spiro atoms. The number of alkyl halides is 5.